The number of hydrogen-bond acceptors (Lipinski definition) is 5. The van der Waals surface area contributed by atoms with E-state index in [1.54, 1.807) is 11.3 Å². The van der Waals surface area contributed by atoms with Crippen molar-refractivity contribution in [3.8, 4) is 0 Å². The highest BCUT2D eigenvalue weighted by molar-refractivity contribution is 7.10. The Kier molecular flexibility index (Phi) is 3.62. The van der Waals surface area contributed by atoms with Gasteiger partial charge in [-0.1, -0.05) is 0 Å². The molecule has 0 fully saturated rings. The molecule has 6 heteroatoms. The zero-order chi connectivity index (χ0) is 14.3. The minimum Gasteiger partial charge on any atom is -0.330 e. The van der Waals surface area contributed by atoms with Crippen molar-refractivity contribution in [2.75, 3.05) is 6.54 Å². The zero-order valence-electron chi connectivity index (χ0n) is 11.5. The Hall–Kier alpha value is -1.24. The summed E-state index contributed by atoms with van der Waals surface area (Å²) in [7, 11) is 0. The van der Waals surface area contributed by atoms with E-state index in [1.807, 2.05) is 17.2 Å². The summed E-state index contributed by atoms with van der Waals surface area (Å²) in [5, 5.41) is 4.73. The van der Waals surface area contributed by atoms with Crippen molar-refractivity contribution in [2.45, 2.75) is 32.4 Å². The Morgan fingerprint density at radius 2 is 2.35 bits per heavy atom. The third-order valence-corrected chi connectivity index (χ3v) is 5.71. The van der Waals surface area contributed by atoms with Gasteiger partial charge < -0.3 is 10.6 Å². The Balaban J connectivity index is 1.84. The smallest absolute Gasteiger partial charge is 0.273 e. The number of rotatable bonds is 2. The first kappa shape index (κ1) is 13.7. The lowest BCUT2D eigenvalue weighted by molar-refractivity contribution is 0.0674. The zero-order valence-corrected chi connectivity index (χ0v) is 13.1. The molecule has 1 aliphatic rings. The second-order valence-corrected chi connectivity index (χ2v) is 6.97. The first-order valence-corrected chi connectivity index (χ1v) is 8.42. The van der Waals surface area contributed by atoms with E-state index in [0.29, 0.717) is 5.69 Å². The number of amides is 1. The molecule has 1 aliphatic heterocycles. The molecule has 3 heterocycles. The van der Waals surface area contributed by atoms with Crippen LogP contribution < -0.4 is 5.73 Å². The van der Waals surface area contributed by atoms with Crippen LogP contribution in [0.25, 0.3) is 0 Å². The molecule has 0 aliphatic carbocycles. The highest BCUT2D eigenvalue weighted by Gasteiger charge is 2.30. The van der Waals surface area contributed by atoms with E-state index < -0.39 is 0 Å². The highest BCUT2D eigenvalue weighted by atomic mass is 32.1. The van der Waals surface area contributed by atoms with Crippen LogP contribution in [0.4, 0.5) is 0 Å². The minimum absolute atomic E-state index is 0.0116. The van der Waals surface area contributed by atoms with Gasteiger partial charge >= 0.3 is 0 Å². The van der Waals surface area contributed by atoms with Crippen molar-refractivity contribution in [1.29, 1.82) is 0 Å². The largest absolute Gasteiger partial charge is 0.330 e. The first-order chi connectivity index (χ1) is 9.58. The van der Waals surface area contributed by atoms with Gasteiger partial charge in [0.25, 0.3) is 5.91 Å². The van der Waals surface area contributed by atoms with E-state index in [9.17, 15) is 4.79 Å². The number of nitrogens with two attached hydrogens (primary N) is 1. The van der Waals surface area contributed by atoms with Crippen LogP contribution >= 0.6 is 22.7 Å². The fourth-order valence-electron chi connectivity index (χ4n) is 2.53. The number of carbonyl (C=O) groups excluding carboxylic acids is 1. The van der Waals surface area contributed by atoms with Crippen molar-refractivity contribution >= 4 is 28.6 Å². The van der Waals surface area contributed by atoms with Crippen LogP contribution in [0, 0.1) is 0 Å². The van der Waals surface area contributed by atoms with Gasteiger partial charge in [0.2, 0.25) is 0 Å². The lowest BCUT2D eigenvalue weighted by atomic mass is 10.0. The van der Waals surface area contributed by atoms with Gasteiger partial charge in [0.15, 0.2) is 0 Å². The Bertz CT molecular complexity index is 632. The highest BCUT2D eigenvalue weighted by Crippen LogP contribution is 2.33. The molecule has 2 unspecified atom stereocenters. The molecule has 2 aromatic heterocycles. The van der Waals surface area contributed by atoms with E-state index in [-0.39, 0.29) is 18.0 Å². The predicted octanol–water partition coefficient (Wildman–Crippen LogP) is 2.98. The number of nitrogens with zero attached hydrogens (tertiary/aromatic N) is 2. The number of fused-ring (bicyclic) bond motifs is 1. The van der Waals surface area contributed by atoms with E-state index in [4.69, 9.17) is 5.73 Å². The lowest BCUT2D eigenvalue weighted by Gasteiger charge is -2.33. The fourth-order valence-corrected chi connectivity index (χ4v) is 4.24. The van der Waals surface area contributed by atoms with E-state index in [0.717, 1.165) is 18.0 Å². The topological polar surface area (TPSA) is 59.2 Å². The van der Waals surface area contributed by atoms with Crippen LogP contribution in [0.1, 0.15) is 51.9 Å². The molecule has 0 spiro atoms. The molecule has 2 atom stereocenters. The van der Waals surface area contributed by atoms with Crippen molar-refractivity contribution in [1.82, 2.24) is 9.88 Å². The van der Waals surface area contributed by atoms with Crippen LogP contribution in [0.2, 0.25) is 0 Å². The lowest BCUT2D eigenvalue weighted by Crippen LogP contribution is -2.38. The van der Waals surface area contributed by atoms with Crippen molar-refractivity contribution in [2.24, 2.45) is 5.73 Å². The molecule has 20 heavy (non-hydrogen) atoms. The van der Waals surface area contributed by atoms with E-state index in [2.05, 4.69) is 23.4 Å². The molecule has 0 saturated carbocycles. The summed E-state index contributed by atoms with van der Waals surface area (Å²) >= 11 is 3.24. The molecule has 4 nitrogen and oxygen atoms in total. The van der Waals surface area contributed by atoms with E-state index >= 15 is 0 Å². The second kappa shape index (κ2) is 5.27. The van der Waals surface area contributed by atoms with Crippen molar-refractivity contribution in [3.63, 3.8) is 0 Å². The number of aromatic nitrogens is 1. The molecule has 0 saturated heterocycles. The Morgan fingerprint density at radius 1 is 1.55 bits per heavy atom. The normalized spacial score (nSPS) is 19.8. The summed E-state index contributed by atoms with van der Waals surface area (Å²) in [5.41, 5.74) is 7.60. The third kappa shape index (κ3) is 2.28. The average molecular weight is 307 g/mol. The maximum Gasteiger partial charge on any atom is 0.273 e. The molecule has 2 N–H and O–H groups in total. The maximum absolute atomic E-state index is 12.6. The van der Waals surface area contributed by atoms with E-state index in [1.165, 1.54) is 21.8 Å². The summed E-state index contributed by atoms with van der Waals surface area (Å²) in [6.45, 7) is 4.73. The average Bonchev–Trinajstić information content (AvgIpc) is 3.08. The monoisotopic (exact) mass is 307 g/mol. The summed E-state index contributed by atoms with van der Waals surface area (Å²) in [4.78, 5) is 20.3. The second-order valence-electron chi connectivity index (χ2n) is 5.08. The molecule has 0 aromatic carbocycles. The number of hydrogen-bond donors (Lipinski definition) is 1. The summed E-state index contributed by atoms with van der Waals surface area (Å²) in [6, 6.07) is 2.13. The molecule has 0 bridgehead atoms. The van der Waals surface area contributed by atoms with Gasteiger partial charge in [-0.2, -0.15) is 0 Å². The third-order valence-electron chi connectivity index (χ3n) is 3.67. The van der Waals surface area contributed by atoms with Crippen LogP contribution in [-0.2, 0) is 6.42 Å². The van der Waals surface area contributed by atoms with Crippen LogP contribution in [0.15, 0.2) is 16.8 Å². The quantitative estimate of drug-likeness (QED) is 0.928. The Morgan fingerprint density at radius 3 is 3.05 bits per heavy atom. The fraction of sp³-hybridized carbons (Fsp3) is 0.429. The summed E-state index contributed by atoms with van der Waals surface area (Å²) < 4.78 is 0. The summed E-state index contributed by atoms with van der Waals surface area (Å²) in [5.74, 6) is 0.0116. The van der Waals surface area contributed by atoms with Crippen molar-refractivity contribution < 1.29 is 4.79 Å². The van der Waals surface area contributed by atoms with Gasteiger partial charge in [0.1, 0.15) is 10.7 Å². The van der Waals surface area contributed by atoms with Gasteiger partial charge in [-0.05, 0) is 37.3 Å². The molecule has 3 rings (SSSR count). The molecular formula is C14H17N3OS2. The van der Waals surface area contributed by atoms with Gasteiger partial charge in [-0.15, -0.1) is 22.7 Å². The molecular weight excluding hydrogens is 290 g/mol. The molecule has 0 radical (unpaired) electrons. The summed E-state index contributed by atoms with van der Waals surface area (Å²) in [6.07, 6.45) is 0.938. The van der Waals surface area contributed by atoms with Crippen LogP contribution in [0.5, 0.6) is 0 Å². The van der Waals surface area contributed by atoms with Crippen LogP contribution in [0.3, 0.4) is 0 Å². The van der Waals surface area contributed by atoms with Gasteiger partial charge in [0.05, 0.1) is 12.1 Å². The Labute approximate surface area is 126 Å². The molecule has 1 amide bonds. The minimum atomic E-state index is -0.121. The number of carbonyl (C=O) groups is 1. The standard InChI is InChI=1S/C14H17N3OS2/c1-8(15)13-16-11(7-20-13)14(18)17-5-3-12-10(9(17)2)4-6-19-12/h4,6-9H,3,5,15H2,1-2H3. The van der Waals surface area contributed by atoms with Crippen molar-refractivity contribution in [3.05, 3.63) is 38.0 Å². The maximum atomic E-state index is 12.6. The number of thiophene rings is 1. The first-order valence-electron chi connectivity index (χ1n) is 6.66. The van der Waals surface area contributed by atoms with Gasteiger partial charge in [0, 0.05) is 16.8 Å². The molecule has 2 aromatic rings. The molecule has 106 valence electrons. The van der Waals surface area contributed by atoms with Gasteiger partial charge in [-0.25, -0.2) is 4.98 Å². The number of thiazole rings is 1. The van der Waals surface area contributed by atoms with Gasteiger partial charge in [-0.3, -0.25) is 4.79 Å². The van der Waals surface area contributed by atoms with Crippen LogP contribution in [-0.4, -0.2) is 22.3 Å². The predicted molar refractivity (Wildman–Crippen MR) is 82.2 cm³/mol. The SMILES string of the molecule is CC(N)c1nc(C(=O)N2CCc3sccc3C2C)cs1.